The van der Waals surface area contributed by atoms with Crippen LogP contribution in [0.15, 0.2) is 48.0 Å². The van der Waals surface area contributed by atoms with Gasteiger partial charge in [-0.05, 0) is 63.0 Å². The van der Waals surface area contributed by atoms with E-state index in [1.54, 1.807) is 24.3 Å². The Kier molecular flexibility index (Phi) is 6.71. The Morgan fingerprint density at radius 2 is 1.80 bits per heavy atom. The van der Waals surface area contributed by atoms with Crippen molar-refractivity contribution in [1.29, 1.82) is 0 Å². The lowest BCUT2D eigenvalue weighted by Gasteiger charge is -2.26. The van der Waals surface area contributed by atoms with Crippen LogP contribution in [-0.2, 0) is 9.59 Å². The lowest BCUT2D eigenvalue weighted by Crippen LogP contribution is -2.32. The predicted octanol–water partition coefficient (Wildman–Crippen LogP) is 4.07. The molecule has 0 bridgehead atoms. The van der Waals surface area contributed by atoms with Gasteiger partial charge in [-0.1, -0.05) is 35.3 Å². The van der Waals surface area contributed by atoms with Gasteiger partial charge in [-0.25, -0.2) is 0 Å². The molecule has 6 nitrogen and oxygen atoms in total. The highest BCUT2D eigenvalue weighted by molar-refractivity contribution is 6.46. The number of carbonyl (C=O) groups is 2. The highest BCUT2D eigenvalue weighted by Crippen LogP contribution is 2.41. The molecular formula is C22H22Cl2N2O4. The fraction of sp³-hybridized carbons (Fsp3) is 0.273. The molecule has 0 spiro atoms. The van der Waals surface area contributed by atoms with Crippen molar-refractivity contribution >= 4 is 40.7 Å². The lowest BCUT2D eigenvalue weighted by molar-refractivity contribution is -0.139. The van der Waals surface area contributed by atoms with Crippen LogP contribution in [0.2, 0.25) is 10.0 Å². The molecule has 1 aliphatic heterocycles. The zero-order chi connectivity index (χ0) is 22.0. The van der Waals surface area contributed by atoms with Crippen LogP contribution >= 0.6 is 23.2 Å². The van der Waals surface area contributed by atoms with Crippen molar-refractivity contribution < 1.29 is 19.8 Å². The monoisotopic (exact) mass is 448 g/mol. The molecule has 3 rings (SSSR count). The molecule has 1 heterocycles. The van der Waals surface area contributed by atoms with Gasteiger partial charge < -0.3 is 20.0 Å². The molecule has 158 valence electrons. The molecule has 1 amide bonds. The van der Waals surface area contributed by atoms with Crippen LogP contribution in [0, 0.1) is 0 Å². The van der Waals surface area contributed by atoms with E-state index in [1.807, 2.05) is 19.0 Å². The van der Waals surface area contributed by atoms with Gasteiger partial charge in [0.05, 0.1) is 17.2 Å². The third-order valence-electron chi connectivity index (χ3n) is 4.92. The summed E-state index contributed by atoms with van der Waals surface area (Å²) in [5.74, 6) is -2.25. The third kappa shape index (κ3) is 4.46. The van der Waals surface area contributed by atoms with Gasteiger partial charge in [0.1, 0.15) is 11.5 Å². The van der Waals surface area contributed by atoms with E-state index in [1.165, 1.54) is 23.1 Å². The van der Waals surface area contributed by atoms with Gasteiger partial charge in [-0.2, -0.15) is 0 Å². The zero-order valence-corrected chi connectivity index (χ0v) is 18.1. The molecule has 1 aliphatic rings. The summed E-state index contributed by atoms with van der Waals surface area (Å²) in [7, 11) is 3.84. The van der Waals surface area contributed by atoms with Crippen molar-refractivity contribution in [1.82, 2.24) is 9.80 Å². The molecule has 0 aliphatic carbocycles. The average molecular weight is 449 g/mol. The number of carbonyl (C=O) groups excluding carboxylic acids is 2. The number of nitrogens with zero attached hydrogens (tertiary/aromatic N) is 2. The SMILES string of the molecule is CN(C)CCCN1C(=O)C(=O)C(=C(O)c2cc(Cl)ccc2O)C1c1cccc(Cl)c1. The number of benzene rings is 2. The number of halogens is 2. The quantitative estimate of drug-likeness (QED) is 0.395. The average Bonchev–Trinajstić information content (AvgIpc) is 2.94. The van der Waals surface area contributed by atoms with E-state index in [-0.39, 0.29) is 21.9 Å². The van der Waals surface area contributed by atoms with Crippen LogP contribution < -0.4 is 0 Å². The first kappa shape index (κ1) is 22.2. The van der Waals surface area contributed by atoms with Crippen LogP contribution in [0.1, 0.15) is 23.6 Å². The number of rotatable bonds is 6. The van der Waals surface area contributed by atoms with Crippen molar-refractivity contribution in [2.75, 3.05) is 27.2 Å². The molecule has 0 aromatic heterocycles. The van der Waals surface area contributed by atoms with E-state index in [2.05, 4.69) is 0 Å². The van der Waals surface area contributed by atoms with Gasteiger partial charge in [-0.3, -0.25) is 9.59 Å². The molecule has 1 saturated heterocycles. The summed E-state index contributed by atoms with van der Waals surface area (Å²) in [5, 5.41) is 21.9. The summed E-state index contributed by atoms with van der Waals surface area (Å²) in [6.07, 6.45) is 0.638. The van der Waals surface area contributed by atoms with Gasteiger partial charge in [0, 0.05) is 16.6 Å². The number of hydrogen-bond donors (Lipinski definition) is 2. The number of aliphatic hydroxyl groups excluding tert-OH is 1. The number of phenolic OH excluding ortho intramolecular Hbond substituents is 1. The zero-order valence-electron chi connectivity index (χ0n) is 16.6. The van der Waals surface area contributed by atoms with Crippen LogP contribution in [0.25, 0.3) is 5.76 Å². The summed E-state index contributed by atoms with van der Waals surface area (Å²) in [5.41, 5.74) is 0.472. The van der Waals surface area contributed by atoms with E-state index in [9.17, 15) is 19.8 Å². The fourth-order valence-electron chi connectivity index (χ4n) is 3.53. The Balaban J connectivity index is 2.15. The second kappa shape index (κ2) is 9.08. The number of Topliss-reactive ketones (excluding diaryl/α,β-unsaturated/α-hetero) is 1. The molecule has 1 atom stereocenters. The number of aromatic hydroxyl groups is 1. The second-order valence-electron chi connectivity index (χ2n) is 7.37. The Morgan fingerprint density at radius 1 is 1.10 bits per heavy atom. The van der Waals surface area contributed by atoms with E-state index in [4.69, 9.17) is 23.2 Å². The van der Waals surface area contributed by atoms with Crippen molar-refractivity contribution in [2.24, 2.45) is 0 Å². The molecule has 1 unspecified atom stereocenters. The predicted molar refractivity (Wildman–Crippen MR) is 117 cm³/mol. The standard InChI is InChI=1S/C22H22Cl2N2O4/c1-25(2)9-4-10-26-19(13-5-3-6-14(23)11-13)18(21(29)22(26)30)20(28)16-12-15(24)7-8-17(16)27/h3,5-8,11-12,19,27-28H,4,9-10H2,1-2H3. The Morgan fingerprint density at radius 3 is 2.47 bits per heavy atom. The van der Waals surface area contributed by atoms with Crippen molar-refractivity contribution in [3.05, 3.63) is 69.2 Å². The van der Waals surface area contributed by atoms with Gasteiger partial charge >= 0.3 is 0 Å². The molecule has 8 heteroatoms. The van der Waals surface area contributed by atoms with E-state index in [0.717, 1.165) is 6.54 Å². The van der Waals surface area contributed by atoms with Crippen molar-refractivity contribution in [3.8, 4) is 5.75 Å². The minimum Gasteiger partial charge on any atom is -0.507 e. The second-order valence-corrected chi connectivity index (χ2v) is 8.24. The van der Waals surface area contributed by atoms with E-state index in [0.29, 0.717) is 23.6 Å². The Bertz CT molecular complexity index is 1020. The first-order valence-electron chi connectivity index (χ1n) is 9.38. The van der Waals surface area contributed by atoms with Gasteiger partial charge in [-0.15, -0.1) is 0 Å². The number of ketones is 1. The maximum atomic E-state index is 12.9. The normalized spacial score (nSPS) is 18.4. The summed E-state index contributed by atoms with van der Waals surface area (Å²) < 4.78 is 0. The minimum absolute atomic E-state index is 0.0131. The van der Waals surface area contributed by atoms with Crippen molar-refractivity contribution in [3.63, 3.8) is 0 Å². The van der Waals surface area contributed by atoms with Gasteiger partial charge in [0.25, 0.3) is 11.7 Å². The summed E-state index contributed by atoms with van der Waals surface area (Å²) in [6.45, 7) is 1.04. The van der Waals surface area contributed by atoms with E-state index >= 15 is 0 Å². The Labute approximate surface area is 184 Å². The van der Waals surface area contributed by atoms with E-state index < -0.39 is 23.5 Å². The number of hydrogen-bond acceptors (Lipinski definition) is 5. The summed E-state index contributed by atoms with van der Waals surface area (Å²) >= 11 is 12.2. The van der Waals surface area contributed by atoms with Crippen LogP contribution in [0.5, 0.6) is 5.75 Å². The Hall–Kier alpha value is -2.54. The number of likely N-dealkylation sites (tertiary alicyclic amines) is 1. The highest BCUT2D eigenvalue weighted by Gasteiger charge is 2.46. The largest absolute Gasteiger partial charge is 0.507 e. The molecule has 2 aromatic rings. The lowest BCUT2D eigenvalue weighted by atomic mass is 9.95. The third-order valence-corrected chi connectivity index (χ3v) is 5.39. The number of amides is 1. The summed E-state index contributed by atoms with van der Waals surface area (Å²) in [6, 6.07) is 10.1. The van der Waals surface area contributed by atoms with Crippen LogP contribution in [-0.4, -0.2) is 58.9 Å². The molecular weight excluding hydrogens is 427 g/mol. The molecule has 2 aromatic carbocycles. The maximum Gasteiger partial charge on any atom is 0.295 e. The summed E-state index contributed by atoms with van der Waals surface area (Å²) in [4.78, 5) is 29.2. The number of phenols is 1. The maximum absolute atomic E-state index is 12.9. The highest BCUT2D eigenvalue weighted by atomic mass is 35.5. The first-order valence-corrected chi connectivity index (χ1v) is 10.1. The molecule has 2 N–H and O–H groups in total. The first-order chi connectivity index (χ1) is 14.2. The van der Waals surface area contributed by atoms with Crippen LogP contribution in [0.3, 0.4) is 0 Å². The van der Waals surface area contributed by atoms with Gasteiger partial charge in [0.15, 0.2) is 0 Å². The molecule has 0 radical (unpaired) electrons. The van der Waals surface area contributed by atoms with Crippen molar-refractivity contribution in [2.45, 2.75) is 12.5 Å². The van der Waals surface area contributed by atoms with Gasteiger partial charge in [0.2, 0.25) is 0 Å². The topological polar surface area (TPSA) is 81.1 Å². The minimum atomic E-state index is -0.829. The molecule has 30 heavy (non-hydrogen) atoms. The fourth-order valence-corrected chi connectivity index (χ4v) is 3.91. The molecule has 0 saturated carbocycles. The van der Waals surface area contributed by atoms with Crippen LogP contribution in [0.4, 0.5) is 0 Å². The molecule has 1 fully saturated rings. The number of aliphatic hydroxyl groups is 1. The smallest absolute Gasteiger partial charge is 0.295 e.